The van der Waals surface area contributed by atoms with Crippen LogP contribution >= 0.6 is 12.6 Å². The van der Waals surface area contributed by atoms with Crippen LogP contribution in [0, 0.1) is 0 Å². The fourth-order valence-corrected chi connectivity index (χ4v) is 3.11. The van der Waals surface area contributed by atoms with Crippen molar-refractivity contribution < 1.29 is 39.3 Å². The summed E-state index contributed by atoms with van der Waals surface area (Å²) in [6.07, 6.45) is -1.84. The minimum absolute atomic E-state index is 0.0147. The van der Waals surface area contributed by atoms with Crippen LogP contribution in [0.25, 0.3) is 0 Å². The lowest BCUT2D eigenvalue weighted by atomic mass is 10.0. The van der Waals surface area contributed by atoms with Gasteiger partial charge in [0, 0.05) is 18.6 Å². The number of phenolic OH excluding ortho intramolecular Hbond substituents is 1. The molecule has 0 aliphatic rings. The molecule has 13 nitrogen and oxygen atoms in total. The Morgan fingerprint density at radius 2 is 1.46 bits per heavy atom. The Kier molecular flexibility index (Phi) is 12.0. The number of phenols is 1. The predicted octanol–water partition coefficient (Wildman–Crippen LogP) is -2.62. The van der Waals surface area contributed by atoms with Crippen LogP contribution in [-0.4, -0.2) is 80.9 Å². The molecule has 0 saturated heterocycles. The monoisotopic (exact) mass is 513 g/mol. The second-order valence-corrected chi connectivity index (χ2v) is 8.21. The molecule has 0 aliphatic heterocycles. The standard InChI is InChI=1S/C21H31N5O8S/c1-10(27)17(23)20(32)26-15(9-35)19(31)24-13(6-7-16(22)29)18(30)25-14(21(33)34)8-11-2-4-12(28)5-3-11/h2-5,10,13-15,17,27-28,35H,6-9,23H2,1H3,(H2,22,29)(H,24,31)(H,25,30)(H,26,32)(H,33,34). The SMILES string of the molecule is CC(O)C(N)C(=O)NC(CS)C(=O)NC(CCC(N)=O)C(=O)NC(Cc1ccc(O)cc1)C(=O)O. The van der Waals surface area contributed by atoms with E-state index in [1.807, 2.05) is 0 Å². The van der Waals surface area contributed by atoms with Gasteiger partial charge >= 0.3 is 5.97 Å². The lowest BCUT2D eigenvalue weighted by molar-refractivity contribution is -0.142. The molecule has 1 rings (SSSR count). The highest BCUT2D eigenvalue weighted by molar-refractivity contribution is 7.80. The fourth-order valence-electron chi connectivity index (χ4n) is 2.85. The van der Waals surface area contributed by atoms with Crippen molar-refractivity contribution in [3.63, 3.8) is 0 Å². The number of carbonyl (C=O) groups excluding carboxylic acids is 4. The van der Waals surface area contributed by atoms with Crippen molar-refractivity contribution in [3.8, 4) is 5.75 Å². The summed E-state index contributed by atoms with van der Waals surface area (Å²) in [4.78, 5) is 60.5. The van der Waals surface area contributed by atoms with E-state index < -0.39 is 59.9 Å². The molecule has 194 valence electrons. The van der Waals surface area contributed by atoms with Crippen LogP contribution in [0.5, 0.6) is 5.75 Å². The molecule has 1 aromatic rings. The quantitative estimate of drug-likeness (QED) is 0.118. The number of thiol groups is 1. The number of carboxylic acid groups (broad SMARTS) is 1. The molecule has 5 unspecified atom stereocenters. The van der Waals surface area contributed by atoms with Gasteiger partial charge in [0.05, 0.1) is 6.10 Å². The Balaban J connectivity index is 2.96. The number of aromatic hydroxyl groups is 1. The van der Waals surface area contributed by atoms with Gasteiger partial charge in [-0.05, 0) is 31.0 Å². The summed E-state index contributed by atoms with van der Waals surface area (Å²) in [6.45, 7) is 1.29. The Morgan fingerprint density at radius 3 is 1.94 bits per heavy atom. The molecule has 14 heteroatoms. The van der Waals surface area contributed by atoms with E-state index in [1.165, 1.54) is 31.2 Å². The third kappa shape index (κ3) is 10.2. The van der Waals surface area contributed by atoms with Gasteiger partial charge in [-0.25, -0.2) is 4.79 Å². The topological polar surface area (TPSA) is 234 Å². The number of carbonyl (C=O) groups is 5. The molecule has 35 heavy (non-hydrogen) atoms. The number of aliphatic hydroxyl groups excluding tert-OH is 1. The predicted molar refractivity (Wildman–Crippen MR) is 127 cm³/mol. The molecule has 0 heterocycles. The van der Waals surface area contributed by atoms with E-state index in [0.29, 0.717) is 5.56 Å². The molecular formula is C21H31N5O8S. The zero-order chi connectivity index (χ0) is 26.7. The highest BCUT2D eigenvalue weighted by atomic mass is 32.1. The van der Waals surface area contributed by atoms with Crippen molar-refractivity contribution in [3.05, 3.63) is 29.8 Å². The van der Waals surface area contributed by atoms with Crippen LogP contribution in [0.15, 0.2) is 24.3 Å². The summed E-state index contributed by atoms with van der Waals surface area (Å²) in [6, 6.07) is 0.402. The number of nitrogens with one attached hydrogen (secondary N) is 3. The van der Waals surface area contributed by atoms with Gasteiger partial charge in [0.1, 0.15) is 29.9 Å². The Hall–Kier alpha value is -3.36. The molecular weight excluding hydrogens is 482 g/mol. The van der Waals surface area contributed by atoms with Crippen LogP contribution in [0.1, 0.15) is 25.3 Å². The van der Waals surface area contributed by atoms with E-state index in [1.54, 1.807) is 0 Å². The first-order valence-corrected chi connectivity index (χ1v) is 11.2. The number of rotatable bonds is 14. The summed E-state index contributed by atoms with van der Waals surface area (Å²) in [7, 11) is 0. The summed E-state index contributed by atoms with van der Waals surface area (Å²) >= 11 is 4.00. The van der Waals surface area contributed by atoms with Crippen molar-refractivity contribution >= 4 is 42.2 Å². The lowest BCUT2D eigenvalue weighted by Crippen LogP contribution is -2.58. The highest BCUT2D eigenvalue weighted by Crippen LogP contribution is 2.12. The zero-order valence-corrected chi connectivity index (χ0v) is 19.9. The van der Waals surface area contributed by atoms with Crippen LogP contribution in [0.2, 0.25) is 0 Å². The number of primary amides is 1. The maximum absolute atomic E-state index is 12.8. The van der Waals surface area contributed by atoms with Gasteiger partial charge in [0.15, 0.2) is 0 Å². The summed E-state index contributed by atoms with van der Waals surface area (Å²) < 4.78 is 0. The largest absolute Gasteiger partial charge is 0.508 e. The van der Waals surface area contributed by atoms with Crippen LogP contribution in [0.4, 0.5) is 0 Å². The molecule has 0 aromatic heterocycles. The number of aliphatic hydroxyl groups is 1. The number of aliphatic carboxylic acids is 1. The second kappa shape index (κ2) is 14.1. The van der Waals surface area contributed by atoms with E-state index >= 15 is 0 Å². The van der Waals surface area contributed by atoms with Gasteiger partial charge in [0.25, 0.3) is 0 Å². The summed E-state index contributed by atoms with van der Waals surface area (Å²) in [5.41, 5.74) is 11.2. The number of hydrogen-bond acceptors (Lipinski definition) is 9. The van der Waals surface area contributed by atoms with Gasteiger partial charge < -0.3 is 42.7 Å². The molecule has 0 saturated carbocycles. The lowest BCUT2D eigenvalue weighted by Gasteiger charge is -2.25. The maximum Gasteiger partial charge on any atom is 0.326 e. The van der Waals surface area contributed by atoms with Crippen molar-refractivity contribution in [2.45, 2.75) is 56.5 Å². The van der Waals surface area contributed by atoms with Crippen LogP contribution < -0.4 is 27.4 Å². The van der Waals surface area contributed by atoms with E-state index in [2.05, 4.69) is 28.6 Å². The first-order chi connectivity index (χ1) is 16.3. The van der Waals surface area contributed by atoms with Gasteiger partial charge in [-0.2, -0.15) is 12.6 Å². The molecule has 5 atom stereocenters. The van der Waals surface area contributed by atoms with E-state index in [9.17, 15) is 39.3 Å². The third-order valence-corrected chi connectivity index (χ3v) is 5.31. The maximum atomic E-state index is 12.8. The van der Waals surface area contributed by atoms with Gasteiger partial charge in [-0.1, -0.05) is 12.1 Å². The van der Waals surface area contributed by atoms with Crippen molar-refractivity contribution in [1.82, 2.24) is 16.0 Å². The fraction of sp³-hybridized carbons (Fsp3) is 0.476. The highest BCUT2D eigenvalue weighted by Gasteiger charge is 2.30. The van der Waals surface area contributed by atoms with Gasteiger partial charge in [0.2, 0.25) is 23.6 Å². The van der Waals surface area contributed by atoms with Gasteiger partial charge in [-0.3, -0.25) is 19.2 Å². The summed E-state index contributed by atoms with van der Waals surface area (Å²) in [5.74, 6) is -4.87. The zero-order valence-electron chi connectivity index (χ0n) is 19.0. The van der Waals surface area contributed by atoms with Gasteiger partial charge in [-0.15, -0.1) is 0 Å². The molecule has 4 amide bonds. The third-order valence-electron chi connectivity index (χ3n) is 4.94. The normalized spacial score (nSPS) is 15.1. The first kappa shape index (κ1) is 29.7. The van der Waals surface area contributed by atoms with E-state index in [0.717, 1.165) is 0 Å². The minimum atomic E-state index is -1.38. The number of benzene rings is 1. The van der Waals surface area contributed by atoms with Crippen LogP contribution in [-0.2, 0) is 30.4 Å². The van der Waals surface area contributed by atoms with E-state index in [4.69, 9.17) is 11.5 Å². The number of carboxylic acids is 1. The van der Waals surface area contributed by atoms with E-state index in [-0.39, 0.29) is 30.8 Å². The minimum Gasteiger partial charge on any atom is -0.508 e. The van der Waals surface area contributed by atoms with Crippen molar-refractivity contribution in [2.24, 2.45) is 11.5 Å². The molecule has 0 bridgehead atoms. The molecule has 10 N–H and O–H groups in total. The number of amides is 4. The molecule has 0 spiro atoms. The average Bonchev–Trinajstić information content (AvgIpc) is 2.79. The average molecular weight is 514 g/mol. The van der Waals surface area contributed by atoms with Crippen LogP contribution in [0.3, 0.4) is 0 Å². The van der Waals surface area contributed by atoms with Crippen molar-refractivity contribution in [1.29, 1.82) is 0 Å². The number of nitrogens with two attached hydrogens (primary N) is 2. The molecule has 1 aromatic carbocycles. The van der Waals surface area contributed by atoms with Crippen molar-refractivity contribution in [2.75, 3.05) is 5.75 Å². The first-order valence-electron chi connectivity index (χ1n) is 10.6. The molecule has 0 fully saturated rings. The smallest absolute Gasteiger partial charge is 0.326 e. The number of hydrogen-bond donors (Lipinski definition) is 9. The molecule has 0 radical (unpaired) electrons. The Labute approximate surface area is 207 Å². The molecule has 0 aliphatic carbocycles. The Morgan fingerprint density at radius 1 is 0.943 bits per heavy atom. The second-order valence-electron chi connectivity index (χ2n) is 7.85. The Bertz CT molecular complexity index is 911. The summed E-state index contributed by atoms with van der Waals surface area (Å²) in [5, 5.41) is 35.3.